The number of nitrogens with one attached hydrogen (secondary N) is 2. The van der Waals surface area contributed by atoms with Crippen molar-refractivity contribution in [3.8, 4) is 0 Å². The van der Waals surface area contributed by atoms with E-state index in [0.29, 0.717) is 13.2 Å². The number of thiazole rings is 1. The Labute approximate surface area is 116 Å². The van der Waals surface area contributed by atoms with Crippen molar-refractivity contribution in [1.29, 1.82) is 0 Å². The van der Waals surface area contributed by atoms with Gasteiger partial charge in [0.05, 0.1) is 24.8 Å². The molecule has 3 rings (SSSR count). The van der Waals surface area contributed by atoms with Gasteiger partial charge in [0.25, 0.3) is 0 Å². The number of hydrogen-bond donors (Lipinski definition) is 2. The van der Waals surface area contributed by atoms with E-state index >= 15 is 0 Å². The predicted octanol–water partition coefficient (Wildman–Crippen LogP) is 1.19. The number of aryl methyl sites for hydroxylation is 2. The number of carbonyl (C=O) groups excluding carboxylic acids is 1. The molecule has 1 amide bonds. The number of aromatic nitrogens is 1. The van der Waals surface area contributed by atoms with Crippen LogP contribution in [0.5, 0.6) is 0 Å². The molecule has 1 aromatic heterocycles. The minimum absolute atomic E-state index is 0.0166. The highest BCUT2D eigenvalue weighted by molar-refractivity contribution is 7.15. The number of rotatable bonds is 3. The Morgan fingerprint density at radius 1 is 1.37 bits per heavy atom. The van der Waals surface area contributed by atoms with Gasteiger partial charge in [-0.1, -0.05) is 0 Å². The minimum Gasteiger partial charge on any atom is -0.379 e. The summed E-state index contributed by atoms with van der Waals surface area (Å²) in [5.41, 5.74) is 1.18. The predicted molar refractivity (Wildman–Crippen MR) is 74.5 cm³/mol. The maximum atomic E-state index is 12.2. The van der Waals surface area contributed by atoms with Gasteiger partial charge in [-0.15, -0.1) is 11.3 Å². The third-order valence-corrected chi connectivity index (χ3v) is 4.94. The second kappa shape index (κ2) is 5.56. The van der Waals surface area contributed by atoms with E-state index in [1.807, 2.05) is 7.05 Å². The second-order valence-corrected chi connectivity index (χ2v) is 6.21. The van der Waals surface area contributed by atoms with Crippen LogP contribution in [0.2, 0.25) is 0 Å². The van der Waals surface area contributed by atoms with Crippen LogP contribution in [0.25, 0.3) is 0 Å². The standard InChI is InChI=1S/C13H19N3O2S/c1-14-10-7-18-6-8(10)12(17)16-13-15-9-4-2-3-5-11(9)19-13/h8,10,14H,2-7H2,1H3,(H,15,16,17). The van der Waals surface area contributed by atoms with E-state index in [4.69, 9.17) is 4.74 Å². The molecule has 2 unspecified atom stereocenters. The maximum Gasteiger partial charge on any atom is 0.233 e. The Morgan fingerprint density at radius 2 is 2.21 bits per heavy atom. The first-order chi connectivity index (χ1) is 9.28. The van der Waals surface area contributed by atoms with Crippen molar-refractivity contribution in [3.05, 3.63) is 10.6 Å². The van der Waals surface area contributed by atoms with Crippen LogP contribution in [0.1, 0.15) is 23.4 Å². The molecule has 2 heterocycles. The number of anilines is 1. The average Bonchev–Trinajstić information content (AvgIpc) is 3.03. The summed E-state index contributed by atoms with van der Waals surface area (Å²) in [6.07, 6.45) is 4.60. The number of ether oxygens (including phenoxy) is 1. The number of nitrogens with zero attached hydrogens (tertiary/aromatic N) is 1. The molecule has 1 aromatic rings. The number of likely N-dealkylation sites (N-methyl/N-ethyl adjacent to an activating group) is 1. The number of carbonyl (C=O) groups is 1. The fraction of sp³-hybridized carbons (Fsp3) is 0.692. The van der Waals surface area contributed by atoms with E-state index in [1.165, 1.54) is 23.4 Å². The second-order valence-electron chi connectivity index (χ2n) is 5.12. The van der Waals surface area contributed by atoms with Crippen molar-refractivity contribution < 1.29 is 9.53 Å². The van der Waals surface area contributed by atoms with Gasteiger partial charge in [0.1, 0.15) is 0 Å². The normalized spacial score (nSPS) is 26.2. The maximum absolute atomic E-state index is 12.2. The molecule has 0 aromatic carbocycles. The van der Waals surface area contributed by atoms with Crippen molar-refractivity contribution in [1.82, 2.24) is 10.3 Å². The van der Waals surface area contributed by atoms with E-state index in [2.05, 4.69) is 15.6 Å². The lowest BCUT2D eigenvalue weighted by Gasteiger charge is -2.15. The zero-order valence-electron chi connectivity index (χ0n) is 11.1. The van der Waals surface area contributed by atoms with Crippen LogP contribution in [0, 0.1) is 5.92 Å². The highest BCUT2D eigenvalue weighted by Gasteiger charge is 2.33. The molecule has 0 radical (unpaired) electrons. The monoisotopic (exact) mass is 281 g/mol. The molecule has 0 saturated carbocycles. The van der Waals surface area contributed by atoms with Crippen LogP contribution in [0.3, 0.4) is 0 Å². The van der Waals surface area contributed by atoms with Crippen LogP contribution in [0.4, 0.5) is 5.13 Å². The first-order valence-electron chi connectivity index (χ1n) is 6.82. The van der Waals surface area contributed by atoms with Gasteiger partial charge in [0.2, 0.25) is 5.91 Å². The largest absolute Gasteiger partial charge is 0.379 e. The topological polar surface area (TPSA) is 63.2 Å². The van der Waals surface area contributed by atoms with E-state index in [9.17, 15) is 4.79 Å². The summed E-state index contributed by atoms with van der Waals surface area (Å²) in [6.45, 7) is 1.09. The van der Waals surface area contributed by atoms with Gasteiger partial charge >= 0.3 is 0 Å². The van der Waals surface area contributed by atoms with E-state index in [-0.39, 0.29) is 17.9 Å². The van der Waals surface area contributed by atoms with Crippen LogP contribution in [-0.2, 0) is 22.4 Å². The van der Waals surface area contributed by atoms with Gasteiger partial charge in [-0.2, -0.15) is 0 Å². The molecule has 2 aliphatic rings. The summed E-state index contributed by atoms with van der Waals surface area (Å²) in [7, 11) is 1.86. The lowest BCUT2D eigenvalue weighted by atomic mass is 10.0. The summed E-state index contributed by atoms with van der Waals surface area (Å²) in [6, 6.07) is 0.106. The Bertz CT molecular complexity index is 451. The van der Waals surface area contributed by atoms with Crippen molar-refractivity contribution in [2.45, 2.75) is 31.7 Å². The van der Waals surface area contributed by atoms with Crippen LogP contribution >= 0.6 is 11.3 Å². The molecule has 1 aliphatic heterocycles. The van der Waals surface area contributed by atoms with E-state index < -0.39 is 0 Å². The molecule has 1 saturated heterocycles. The summed E-state index contributed by atoms with van der Waals surface area (Å²) >= 11 is 1.63. The molecule has 19 heavy (non-hydrogen) atoms. The fourth-order valence-electron chi connectivity index (χ4n) is 2.70. The quantitative estimate of drug-likeness (QED) is 0.874. The summed E-state index contributed by atoms with van der Waals surface area (Å²) < 4.78 is 5.36. The number of hydrogen-bond acceptors (Lipinski definition) is 5. The molecule has 1 aliphatic carbocycles. The first kappa shape index (κ1) is 13.0. The van der Waals surface area contributed by atoms with Crippen molar-refractivity contribution >= 4 is 22.4 Å². The number of amides is 1. The Kier molecular flexibility index (Phi) is 3.81. The van der Waals surface area contributed by atoms with Gasteiger partial charge in [0, 0.05) is 10.9 Å². The van der Waals surface area contributed by atoms with Gasteiger partial charge in [0.15, 0.2) is 5.13 Å². The highest BCUT2D eigenvalue weighted by Crippen LogP contribution is 2.30. The Morgan fingerprint density at radius 3 is 3.00 bits per heavy atom. The van der Waals surface area contributed by atoms with Gasteiger partial charge in [-0.3, -0.25) is 4.79 Å². The average molecular weight is 281 g/mol. The van der Waals surface area contributed by atoms with Gasteiger partial charge < -0.3 is 15.4 Å². The van der Waals surface area contributed by atoms with Crippen LogP contribution in [-0.4, -0.2) is 37.2 Å². The van der Waals surface area contributed by atoms with E-state index in [1.54, 1.807) is 11.3 Å². The molecule has 0 spiro atoms. The fourth-order valence-corrected chi connectivity index (χ4v) is 3.75. The van der Waals surface area contributed by atoms with E-state index in [0.717, 1.165) is 18.0 Å². The van der Waals surface area contributed by atoms with Crippen LogP contribution in [0.15, 0.2) is 0 Å². The molecule has 0 bridgehead atoms. The van der Waals surface area contributed by atoms with Gasteiger partial charge in [-0.05, 0) is 32.7 Å². The summed E-state index contributed by atoms with van der Waals surface area (Å²) in [5.74, 6) is -0.103. The minimum atomic E-state index is -0.120. The molecule has 5 nitrogen and oxygen atoms in total. The zero-order valence-corrected chi connectivity index (χ0v) is 11.9. The van der Waals surface area contributed by atoms with Crippen LogP contribution < -0.4 is 10.6 Å². The SMILES string of the molecule is CNC1COCC1C(=O)Nc1nc2c(s1)CCCC2. The Hall–Kier alpha value is -0.980. The third kappa shape index (κ3) is 2.66. The third-order valence-electron chi connectivity index (χ3n) is 3.86. The summed E-state index contributed by atoms with van der Waals surface area (Å²) in [5, 5.41) is 6.83. The van der Waals surface area contributed by atoms with Crippen molar-refractivity contribution in [2.24, 2.45) is 5.92 Å². The summed E-state index contributed by atoms with van der Waals surface area (Å²) in [4.78, 5) is 18.1. The molecular formula is C13H19N3O2S. The molecule has 6 heteroatoms. The smallest absolute Gasteiger partial charge is 0.233 e. The molecule has 104 valence electrons. The highest BCUT2D eigenvalue weighted by atomic mass is 32.1. The lowest BCUT2D eigenvalue weighted by Crippen LogP contribution is -2.39. The number of fused-ring (bicyclic) bond motifs is 1. The van der Waals surface area contributed by atoms with Crippen molar-refractivity contribution in [2.75, 3.05) is 25.6 Å². The molecule has 2 atom stereocenters. The lowest BCUT2D eigenvalue weighted by molar-refractivity contribution is -0.120. The zero-order chi connectivity index (χ0) is 13.2. The van der Waals surface area contributed by atoms with Gasteiger partial charge in [-0.25, -0.2) is 4.98 Å². The molecule has 1 fully saturated rings. The molecule has 2 N–H and O–H groups in total. The first-order valence-corrected chi connectivity index (χ1v) is 7.64. The van der Waals surface area contributed by atoms with Crippen molar-refractivity contribution in [3.63, 3.8) is 0 Å². The Balaban J connectivity index is 1.67. The molecular weight excluding hydrogens is 262 g/mol.